The molecular weight excluding hydrogens is 147 g/mol. The quantitative estimate of drug-likeness (QED) is 0.649. The number of hydrogen-bond donors (Lipinski definition) is 0. The maximum atomic E-state index is 11.6. The summed E-state index contributed by atoms with van der Waals surface area (Å²) in [4.78, 5) is 7.70. The molecule has 1 heterocycles. The van der Waals surface area contributed by atoms with Gasteiger partial charge in [-0.2, -0.15) is 0 Å². The van der Waals surface area contributed by atoms with Crippen LogP contribution in [0.3, 0.4) is 0 Å². The van der Waals surface area contributed by atoms with E-state index in [9.17, 15) is 4.39 Å². The van der Waals surface area contributed by atoms with Crippen molar-refractivity contribution in [3.63, 3.8) is 0 Å². The molecule has 0 aromatic carbocycles. The molecule has 0 saturated carbocycles. The molecule has 4 heteroatoms. The minimum atomic E-state index is -0.886. The van der Waals surface area contributed by atoms with E-state index in [1.54, 1.807) is 19.9 Å². The van der Waals surface area contributed by atoms with Gasteiger partial charge in [0, 0.05) is 11.4 Å². The summed E-state index contributed by atoms with van der Waals surface area (Å²) in [6, 6.07) is 1.90. The smallest absolute Gasteiger partial charge is 0.319 e. The van der Waals surface area contributed by atoms with E-state index in [0.717, 1.165) is 11.4 Å². The van der Waals surface area contributed by atoms with Crippen LogP contribution in [0.15, 0.2) is 6.07 Å². The summed E-state index contributed by atoms with van der Waals surface area (Å²) in [5.74, 6) is 0. The van der Waals surface area contributed by atoms with Crippen LogP contribution in [0, 0.1) is 13.8 Å². The molecule has 1 aromatic heterocycles. The number of rotatable bonds is 2. The topological polar surface area (TPSA) is 35.0 Å². The second kappa shape index (κ2) is 3.27. The highest BCUT2D eigenvalue weighted by Crippen LogP contribution is 2.05. The van der Waals surface area contributed by atoms with Gasteiger partial charge in [-0.3, -0.25) is 0 Å². The average molecular weight is 156 g/mol. The fourth-order valence-electron chi connectivity index (χ4n) is 0.807. The van der Waals surface area contributed by atoms with E-state index in [-0.39, 0.29) is 6.01 Å². The lowest BCUT2D eigenvalue weighted by molar-refractivity contribution is 0.176. The number of halogens is 1. The number of aromatic nitrogens is 2. The van der Waals surface area contributed by atoms with E-state index >= 15 is 0 Å². The normalized spacial score (nSPS) is 9.73. The number of nitrogens with zero attached hydrogens (tertiary/aromatic N) is 2. The first kappa shape index (κ1) is 7.91. The van der Waals surface area contributed by atoms with Crippen LogP contribution >= 0.6 is 0 Å². The molecule has 0 amide bonds. The fraction of sp³-hybridized carbons (Fsp3) is 0.429. The van der Waals surface area contributed by atoms with Crippen LogP contribution in [0.1, 0.15) is 11.4 Å². The van der Waals surface area contributed by atoms with E-state index in [2.05, 4.69) is 14.7 Å². The first-order chi connectivity index (χ1) is 5.22. The van der Waals surface area contributed by atoms with Crippen LogP contribution < -0.4 is 4.74 Å². The lowest BCUT2D eigenvalue weighted by atomic mass is 10.4. The van der Waals surface area contributed by atoms with Gasteiger partial charge in [-0.05, 0) is 19.9 Å². The number of alkyl halides is 1. The second-order valence-corrected chi connectivity index (χ2v) is 2.19. The summed E-state index contributed by atoms with van der Waals surface area (Å²) in [6.45, 7) is 2.72. The monoisotopic (exact) mass is 156 g/mol. The molecule has 0 radical (unpaired) electrons. The van der Waals surface area contributed by atoms with Gasteiger partial charge in [0.05, 0.1) is 0 Å². The van der Waals surface area contributed by atoms with Crippen molar-refractivity contribution in [3.8, 4) is 6.01 Å². The van der Waals surface area contributed by atoms with Crippen molar-refractivity contribution in [3.05, 3.63) is 17.5 Å². The molecule has 60 valence electrons. The Hall–Kier alpha value is -1.19. The lowest BCUT2D eigenvalue weighted by Gasteiger charge is -2.00. The van der Waals surface area contributed by atoms with Crippen LogP contribution in [0.5, 0.6) is 6.01 Å². The van der Waals surface area contributed by atoms with Crippen molar-refractivity contribution in [1.82, 2.24) is 9.97 Å². The highest BCUT2D eigenvalue weighted by molar-refractivity contribution is 5.10. The minimum Gasteiger partial charge on any atom is -0.431 e. The molecule has 1 rings (SSSR count). The van der Waals surface area contributed by atoms with Crippen LogP contribution in [0.25, 0.3) is 0 Å². The van der Waals surface area contributed by atoms with Crippen LogP contribution in [-0.2, 0) is 0 Å². The van der Waals surface area contributed by atoms with Gasteiger partial charge < -0.3 is 4.74 Å². The summed E-state index contributed by atoms with van der Waals surface area (Å²) < 4.78 is 16.1. The first-order valence-electron chi connectivity index (χ1n) is 3.23. The van der Waals surface area contributed by atoms with Crippen molar-refractivity contribution in [2.45, 2.75) is 13.8 Å². The van der Waals surface area contributed by atoms with Crippen LogP contribution in [0.4, 0.5) is 4.39 Å². The van der Waals surface area contributed by atoms with Gasteiger partial charge in [0.15, 0.2) is 0 Å². The van der Waals surface area contributed by atoms with Crippen LogP contribution in [0.2, 0.25) is 0 Å². The Morgan fingerprint density at radius 3 is 2.36 bits per heavy atom. The molecule has 0 bridgehead atoms. The summed E-state index contributed by atoms with van der Waals surface area (Å²) in [5, 5.41) is 0. The molecule has 0 aliphatic heterocycles. The van der Waals surface area contributed by atoms with Crippen molar-refractivity contribution >= 4 is 0 Å². The number of aryl methyl sites for hydroxylation is 2. The Morgan fingerprint density at radius 2 is 1.91 bits per heavy atom. The van der Waals surface area contributed by atoms with E-state index < -0.39 is 6.86 Å². The Morgan fingerprint density at radius 1 is 1.36 bits per heavy atom. The minimum absolute atomic E-state index is 0.102. The zero-order valence-corrected chi connectivity index (χ0v) is 6.47. The molecule has 0 saturated heterocycles. The Labute approximate surface area is 64.2 Å². The third-order valence-electron chi connectivity index (χ3n) is 1.15. The summed E-state index contributed by atoms with van der Waals surface area (Å²) in [7, 11) is 0. The van der Waals surface area contributed by atoms with Gasteiger partial charge in [-0.15, -0.1) is 0 Å². The number of hydrogen-bond acceptors (Lipinski definition) is 3. The van der Waals surface area contributed by atoms with Crippen molar-refractivity contribution < 1.29 is 9.13 Å². The fourth-order valence-corrected chi connectivity index (χ4v) is 0.807. The highest BCUT2D eigenvalue weighted by atomic mass is 19.1. The van der Waals surface area contributed by atoms with Crippen molar-refractivity contribution in [2.24, 2.45) is 0 Å². The van der Waals surface area contributed by atoms with Crippen molar-refractivity contribution in [2.75, 3.05) is 6.86 Å². The standard InChI is InChI=1S/C7H9FN2O/c1-5-3-6(2)10-7(9-5)11-4-8/h3H,4H2,1-2H3. The van der Waals surface area contributed by atoms with Gasteiger partial charge >= 0.3 is 6.01 Å². The SMILES string of the molecule is Cc1cc(C)nc(OCF)n1. The van der Waals surface area contributed by atoms with E-state index in [4.69, 9.17) is 0 Å². The largest absolute Gasteiger partial charge is 0.431 e. The van der Waals surface area contributed by atoms with E-state index in [1.165, 1.54) is 0 Å². The van der Waals surface area contributed by atoms with E-state index in [1.807, 2.05) is 0 Å². The lowest BCUT2D eigenvalue weighted by Crippen LogP contribution is -1.98. The second-order valence-electron chi connectivity index (χ2n) is 2.19. The Kier molecular flexibility index (Phi) is 2.36. The Balaban J connectivity index is 2.89. The molecular formula is C7H9FN2O. The van der Waals surface area contributed by atoms with Gasteiger partial charge in [-0.1, -0.05) is 0 Å². The molecule has 0 aliphatic carbocycles. The summed E-state index contributed by atoms with van der Waals surface area (Å²) in [6.07, 6.45) is 0. The van der Waals surface area contributed by atoms with Gasteiger partial charge in [0.25, 0.3) is 0 Å². The molecule has 0 unspecified atom stereocenters. The highest BCUT2D eigenvalue weighted by Gasteiger charge is 1.98. The van der Waals surface area contributed by atoms with Crippen molar-refractivity contribution in [1.29, 1.82) is 0 Å². The third-order valence-corrected chi connectivity index (χ3v) is 1.15. The number of ether oxygens (including phenoxy) is 1. The van der Waals surface area contributed by atoms with Gasteiger partial charge in [0.1, 0.15) is 0 Å². The predicted octanol–water partition coefficient (Wildman–Crippen LogP) is 1.40. The van der Waals surface area contributed by atoms with Gasteiger partial charge in [-0.25, -0.2) is 14.4 Å². The molecule has 0 atom stereocenters. The predicted molar refractivity (Wildman–Crippen MR) is 38.1 cm³/mol. The maximum absolute atomic E-state index is 11.6. The third kappa shape index (κ3) is 2.14. The molecule has 1 aromatic rings. The molecule has 0 N–H and O–H groups in total. The molecule has 3 nitrogen and oxygen atoms in total. The van der Waals surface area contributed by atoms with Crippen LogP contribution in [-0.4, -0.2) is 16.8 Å². The molecule has 0 spiro atoms. The molecule has 11 heavy (non-hydrogen) atoms. The first-order valence-corrected chi connectivity index (χ1v) is 3.23. The van der Waals surface area contributed by atoms with Gasteiger partial charge in [0.2, 0.25) is 6.86 Å². The summed E-state index contributed by atoms with van der Waals surface area (Å²) in [5.41, 5.74) is 1.56. The summed E-state index contributed by atoms with van der Waals surface area (Å²) >= 11 is 0. The zero-order chi connectivity index (χ0) is 8.27. The average Bonchev–Trinajstić information content (AvgIpc) is 1.85. The zero-order valence-electron chi connectivity index (χ0n) is 6.47. The molecule has 0 aliphatic rings. The van der Waals surface area contributed by atoms with E-state index in [0.29, 0.717) is 0 Å². The maximum Gasteiger partial charge on any atom is 0.319 e. The Bertz CT molecular complexity index is 232. The molecule has 0 fully saturated rings.